The number of alkyl halides is 1. The van der Waals surface area contributed by atoms with Crippen LogP contribution in [0.25, 0.3) is 0 Å². The molecule has 0 saturated carbocycles. The molecule has 2 aromatic rings. The highest BCUT2D eigenvalue weighted by Gasteiger charge is 2.20. The first-order valence-electron chi connectivity index (χ1n) is 6.46. The SMILES string of the molecule is COc1cc(F)c(Br)cc1C(Br)c1ccc2c(c1)COC2. The summed E-state index contributed by atoms with van der Waals surface area (Å²) in [7, 11) is 1.54. The molecule has 0 bridgehead atoms. The number of ether oxygens (including phenoxy) is 2. The average molecular weight is 416 g/mol. The number of rotatable bonds is 3. The number of hydrogen-bond acceptors (Lipinski definition) is 2. The van der Waals surface area contributed by atoms with Gasteiger partial charge in [0.25, 0.3) is 0 Å². The van der Waals surface area contributed by atoms with Crippen molar-refractivity contribution in [3.05, 3.63) is 62.9 Å². The minimum absolute atomic E-state index is 0.0738. The Hall–Kier alpha value is -0.910. The van der Waals surface area contributed by atoms with Crippen LogP contribution in [0.4, 0.5) is 4.39 Å². The lowest BCUT2D eigenvalue weighted by molar-refractivity contribution is 0.134. The Morgan fingerprint density at radius 1 is 1.19 bits per heavy atom. The topological polar surface area (TPSA) is 18.5 Å². The molecule has 5 heteroatoms. The standard InChI is InChI=1S/C16H13Br2FO2/c1-20-15-6-14(19)13(17)5-12(15)16(18)9-2-3-10-7-21-8-11(10)4-9/h2-6,16H,7-8H2,1H3. The third-order valence-corrected chi connectivity index (χ3v) is 5.21. The molecular formula is C16H13Br2FO2. The summed E-state index contributed by atoms with van der Waals surface area (Å²) in [6, 6.07) is 9.40. The Morgan fingerprint density at radius 2 is 1.95 bits per heavy atom. The molecule has 1 aliphatic rings. The minimum Gasteiger partial charge on any atom is -0.496 e. The second kappa shape index (κ2) is 6.07. The fourth-order valence-corrected chi connectivity index (χ4v) is 3.45. The fraction of sp³-hybridized carbons (Fsp3) is 0.250. The first-order valence-corrected chi connectivity index (χ1v) is 8.17. The lowest BCUT2D eigenvalue weighted by atomic mass is 10.00. The normalized spacial score (nSPS) is 14.9. The summed E-state index contributed by atoms with van der Waals surface area (Å²) in [5.41, 5.74) is 4.41. The van der Waals surface area contributed by atoms with Crippen molar-refractivity contribution in [1.82, 2.24) is 0 Å². The van der Waals surface area contributed by atoms with Crippen LogP contribution in [0, 0.1) is 5.82 Å². The minimum atomic E-state index is -0.336. The molecule has 0 aromatic heterocycles. The largest absolute Gasteiger partial charge is 0.496 e. The summed E-state index contributed by atoms with van der Waals surface area (Å²) in [6.07, 6.45) is 0. The van der Waals surface area contributed by atoms with Gasteiger partial charge in [0.1, 0.15) is 11.6 Å². The molecule has 2 nitrogen and oxygen atoms in total. The monoisotopic (exact) mass is 414 g/mol. The summed E-state index contributed by atoms with van der Waals surface area (Å²) >= 11 is 6.92. The molecule has 0 N–H and O–H groups in total. The molecule has 3 rings (SSSR count). The summed E-state index contributed by atoms with van der Waals surface area (Å²) in [4.78, 5) is -0.0738. The fourth-order valence-electron chi connectivity index (χ4n) is 2.45. The van der Waals surface area contributed by atoms with Crippen molar-refractivity contribution in [3.63, 3.8) is 0 Å². The van der Waals surface area contributed by atoms with Crippen LogP contribution in [0.15, 0.2) is 34.8 Å². The Balaban J connectivity index is 2.02. The van der Waals surface area contributed by atoms with Crippen LogP contribution in [0.5, 0.6) is 5.75 Å². The second-order valence-electron chi connectivity index (χ2n) is 4.89. The molecule has 21 heavy (non-hydrogen) atoms. The predicted octanol–water partition coefficient (Wildman–Crippen LogP) is 5.11. The van der Waals surface area contributed by atoms with E-state index in [1.807, 2.05) is 0 Å². The molecule has 1 aliphatic heterocycles. The van der Waals surface area contributed by atoms with Crippen molar-refractivity contribution in [2.75, 3.05) is 7.11 Å². The number of benzene rings is 2. The van der Waals surface area contributed by atoms with Gasteiger partial charge in [0, 0.05) is 11.6 Å². The van der Waals surface area contributed by atoms with Gasteiger partial charge in [-0.2, -0.15) is 0 Å². The molecule has 0 saturated heterocycles. The van der Waals surface area contributed by atoms with E-state index in [1.165, 1.54) is 17.2 Å². The van der Waals surface area contributed by atoms with Crippen molar-refractivity contribution in [3.8, 4) is 5.75 Å². The molecule has 0 radical (unpaired) electrons. The molecule has 0 fully saturated rings. The van der Waals surface area contributed by atoms with Crippen molar-refractivity contribution < 1.29 is 13.9 Å². The van der Waals surface area contributed by atoms with Crippen molar-refractivity contribution in [2.24, 2.45) is 0 Å². The third kappa shape index (κ3) is 2.87. The van der Waals surface area contributed by atoms with E-state index in [1.54, 1.807) is 13.2 Å². The molecule has 0 aliphatic carbocycles. The van der Waals surface area contributed by atoms with E-state index in [9.17, 15) is 4.39 Å². The van der Waals surface area contributed by atoms with Crippen LogP contribution < -0.4 is 4.74 Å². The molecular weight excluding hydrogens is 403 g/mol. The summed E-state index contributed by atoms with van der Waals surface area (Å²) in [5, 5.41) is 0. The first-order chi connectivity index (χ1) is 10.1. The van der Waals surface area contributed by atoms with E-state index in [4.69, 9.17) is 9.47 Å². The Kier molecular flexibility index (Phi) is 4.33. The summed E-state index contributed by atoms with van der Waals surface area (Å²) < 4.78 is 24.8. The Morgan fingerprint density at radius 3 is 2.71 bits per heavy atom. The quantitative estimate of drug-likeness (QED) is 0.648. The van der Waals surface area contributed by atoms with Gasteiger partial charge >= 0.3 is 0 Å². The van der Waals surface area contributed by atoms with E-state index < -0.39 is 0 Å². The van der Waals surface area contributed by atoms with Crippen LogP contribution in [-0.4, -0.2) is 7.11 Å². The van der Waals surface area contributed by atoms with Crippen molar-refractivity contribution >= 4 is 31.9 Å². The number of fused-ring (bicyclic) bond motifs is 1. The van der Waals surface area contributed by atoms with Crippen molar-refractivity contribution in [2.45, 2.75) is 18.0 Å². The lowest BCUT2D eigenvalue weighted by Gasteiger charge is -2.16. The lowest BCUT2D eigenvalue weighted by Crippen LogP contribution is -1.99. The highest BCUT2D eigenvalue weighted by Crippen LogP contribution is 2.40. The number of hydrogen-bond donors (Lipinski definition) is 0. The zero-order chi connectivity index (χ0) is 15.0. The van der Waals surface area contributed by atoms with E-state index in [2.05, 4.69) is 50.1 Å². The molecule has 1 heterocycles. The highest BCUT2D eigenvalue weighted by atomic mass is 79.9. The first kappa shape index (κ1) is 15.0. The molecule has 110 valence electrons. The highest BCUT2D eigenvalue weighted by molar-refractivity contribution is 9.10. The summed E-state index contributed by atoms with van der Waals surface area (Å²) in [5.74, 6) is 0.187. The van der Waals surface area contributed by atoms with Gasteiger partial charge in [-0.25, -0.2) is 4.39 Å². The van der Waals surface area contributed by atoms with E-state index in [-0.39, 0.29) is 10.6 Å². The van der Waals surface area contributed by atoms with E-state index in [0.717, 1.165) is 11.1 Å². The van der Waals surface area contributed by atoms with Crippen LogP contribution >= 0.6 is 31.9 Å². The van der Waals surface area contributed by atoms with Crippen LogP contribution in [0.1, 0.15) is 27.1 Å². The third-order valence-electron chi connectivity index (χ3n) is 3.58. The molecule has 0 spiro atoms. The predicted molar refractivity (Wildman–Crippen MR) is 86.4 cm³/mol. The maximum atomic E-state index is 13.6. The molecule has 0 amide bonds. The zero-order valence-electron chi connectivity index (χ0n) is 11.3. The average Bonchev–Trinajstić information content (AvgIpc) is 2.96. The van der Waals surface area contributed by atoms with Gasteiger partial charge in [0.15, 0.2) is 0 Å². The Bertz CT molecular complexity index is 688. The van der Waals surface area contributed by atoms with Gasteiger partial charge in [-0.15, -0.1) is 0 Å². The molecule has 1 atom stereocenters. The van der Waals surface area contributed by atoms with Crippen LogP contribution in [0.3, 0.4) is 0 Å². The van der Waals surface area contributed by atoms with E-state index >= 15 is 0 Å². The maximum absolute atomic E-state index is 13.6. The number of halogens is 3. The van der Waals surface area contributed by atoms with Crippen LogP contribution in [-0.2, 0) is 18.0 Å². The van der Waals surface area contributed by atoms with Gasteiger partial charge < -0.3 is 9.47 Å². The van der Waals surface area contributed by atoms with Gasteiger partial charge in [-0.05, 0) is 38.7 Å². The number of methoxy groups -OCH3 is 1. The van der Waals surface area contributed by atoms with Gasteiger partial charge in [-0.3, -0.25) is 0 Å². The van der Waals surface area contributed by atoms with Gasteiger partial charge in [0.2, 0.25) is 0 Å². The van der Waals surface area contributed by atoms with Gasteiger partial charge in [0.05, 0.1) is 29.6 Å². The Labute approximate surface area is 139 Å². The van der Waals surface area contributed by atoms with Crippen LogP contribution in [0.2, 0.25) is 0 Å². The zero-order valence-corrected chi connectivity index (χ0v) is 14.5. The van der Waals surface area contributed by atoms with E-state index in [0.29, 0.717) is 23.4 Å². The summed E-state index contributed by atoms with van der Waals surface area (Å²) in [6.45, 7) is 1.32. The van der Waals surface area contributed by atoms with Gasteiger partial charge in [-0.1, -0.05) is 34.1 Å². The second-order valence-corrected chi connectivity index (χ2v) is 6.66. The maximum Gasteiger partial charge on any atom is 0.141 e. The van der Waals surface area contributed by atoms with Crippen molar-refractivity contribution in [1.29, 1.82) is 0 Å². The molecule has 1 unspecified atom stereocenters. The smallest absolute Gasteiger partial charge is 0.141 e. The molecule has 2 aromatic carbocycles.